The highest BCUT2D eigenvalue weighted by molar-refractivity contribution is 6.24. The van der Waals surface area contributed by atoms with Crippen LogP contribution in [-0.4, -0.2) is 57.2 Å². The second kappa shape index (κ2) is 17.5. The van der Waals surface area contributed by atoms with Crippen LogP contribution in [-0.2, 0) is 19.2 Å². The van der Waals surface area contributed by atoms with Crippen LogP contribution in [0.5, 0.6) is 28.7 Å². The number of hydrogen-bond donors (Lipinski definition) is 1. The van der Waals surface area contributed by atoms with Crippen molar-refractivity contribution in [1.82, 2.24) is 0 Å². The molecule has 4 aliphatic rings. The maximum atomic E-state index is 15.0. The van der Waals surface area contributed by atoms with Crippen LogP contribution in [0.1, 0.15) is 46.6 Å². The Bertz CT molecular complexity index is 3060. The minimum Gasteiger partial charge on any atom is -0.507 e. The Morgan fingerprint density at radius 1 is 0.522 bits per heavy atom. The molecule has 0 bridgehead atoms. The lowest BCUT2D eigenvalue weighted by atomic mass is 9.57. The third kappa shape index (κ3) is 7.40. The lowest BCUT2D eigenvalue weighted by Gasteiger charge is -2.44. The van der Waals surface area contributed by atoms with Crippen molar-refractivity contribution in [2.75, 3.05) is 38.2 Å². The lowest BCUT2D eigenvalue weighted by molar-refractivity contribution is -0.126. The molecular formula is C56H48N2O9. The van der Waals surface area contributed by atoms with Crippen molar-refractivity contribution in [3.63, 3.8) is 0 Å². The zero-order valence-corrected chi connectivity index (χ0v) is 37.4. The second-order valence-electron chi connectivity index (χ2n) is 17.3. The summed E-state index contributed by atoms with van der Waals surface area (Å²) in [5, 5.41) is 12.4. The second-order valence-corrected chi connectivity index (χ2v) is 17.3. The van der Waals surface area contributed by atoms with Crippen LogP contribution < -0.4 is 28.7 Å². The molecule has 3 fully saturated rings. The maximum absolute atomic E-state index is 15.0. The van der Waals surface area contributed by atoms with Crippen LogP contribution >= 0.6 is 0 Å². The topological polar surface area (TPSA) is 132 Å². The van der Waals surface area contributed by atoms with Gasteiger partial charge in [-0.05, 0) is 108 Å². The van der Waals surface area contributed by atoms with E-state index in [0.717, 1.165) is 38.8 Å². The molecule has 6 aromatic rings. The van der Waals surface area contributed by atoms with Gasteiger partial charge in [0.2, 0.25) is 23.6 Å². The van der Waals surface area contributed by atoms with E-state index in [1.807, 2.05) is 121 Å². The van der Waals surface area contributed by atoms with E-state index < -0.39 is 35.5 Å². The summed E-state index contributed by atoms with van der Waals surface area (Å²) in [5.74, 6) is -2.38. The molecule has 67 heavy (non-hydrogen) atoms. The van der Waals surface area contributed by atoms with Gasteiger partial charge in [-0.3, -0.25) is 29.0 Å². The first-order chi connectivity index (χ1) is 32.6. The number of ether oxygens (including phenoxy) is 4. The maximum Gasteiger partial charge on any atom is 0.238 e. The van der Waals surface area contributed by atoms with E-state index in [2.05, 4.69) is 0 Å². The lowest BCUT2D eigenvalue weighted by Crippen LogP contribution is -2.43. The van der Waals surface area contributed by atoms with Gasteiger partial charge in [0.25, 0.3) is 0 Å². The summed E-state index contributed by atoms with van der Waals surface area (Å²) in [6, 6.07) is 36.6. The van der Waals surface area contributed by atoms with Crippen molar-refractivity contribution >= 4 is 70.1 Å². The number of imide groups is 2. The van der Waals surface area contributed by atoms with Crippen molar-refractivity contribution in [3.8, 4) is 28.7 Å². The molecule has 0 spiro atoms. The first-order valence-corrected chi connectivity index (χ1v) is 22.3. The fraction of sp³-hybridized carbons (Fsp3) is 0.214. The number of carbonyl (C=O) groups is 4. The van der Waals surface area contributed by atoms with Crippen molar-refractivity contribution in [2.24, 2.45) is 29.6 Å². The molecule has 2 saturated heterocycles. The van der Waals surface area contributed by atoms with Gasteiger partial charge in [0.15, 0.2) is 0 Å². The van der Waals surface area contributed by atoms with E-state index in [1.54, 1.807) is 58.8 Å². The van der Waals surface area contributed by atoms with E-state index in [1.165, 1.54) is 9.80 Å². The minimum absolute atomic E-state index is 0.101. The van der Waals surface area contributed by atoms with Gasteiger partial charge >= 0.3 is 0 Å². The molecule has 6 aromatic carbocycles. The molecular weight excluding hydrogens is 845 g/mol. The Morgan fingerprint density at radius 3 is 1.58 bits per heavy atom. The molecule has 10 rings (SSSR count). The molecule has 0 unspecified atom stereocenters. The summed E-state index contributed by atoms with van der Waals surface area (Å²) < 4.78 is 21.9. The minimum atomic E-state index is -0.777. The summed E-state index contributed by atoms with van der Waals surface area (Å²) in [6.45, 7) is 0. The zero-order valence-electron chi connectivity index (χ0n) is 37.4. The Kier molecular flexibility index (Phi) is 11.2. The van der Waals surface area contributed by atoms with Crippen molar-refractivity contribution in [2.45, 2.75) is 18.8 Å². The summed E-state index contributed by atoms with van der Waals surface area (Å²) in [7, 11) is 6.43. The van der Waals surface area contributed by atoms with Crippen LogP contribution in [0.25, 0.3) is 35.1 Å². The SMILES string of the molecule is COc1ccc(OC)c(C=Cc2ccc(N3C(=O)[C@H]4[C@H](CC=C5[C@H]4C[C@H]4C(=O)N(c6ccc(C=Cc7cc(OC)ccc7OC)cc6)C(=O)[C@H]4[C@H]5c4ccc(O)c5ccccc45)C3=O)cc2)c1. The third-order valence-corrected chi connectivity index (χ3v) is 14.0. The summed E-state index contributed by atoms with van der Waals surface area (Å²) >= 11 is 0. The van der Waals surface area contributed by atoms with E-state index in [9.17, 15) is 24.3 Å². The third-order valence-electron chi connectivity index (χ3n) is 14.0. The monoisotopic (exact) mass is 892 g/mol. The predicted octanol–water partition coefficient (Wildman–Crippen LogP) is 9.97. The van der Waals surface area contributed by atoms with Gasteiger partial charge in [-0.2, -0.15) is 0 Å². The van der Waals surface area contributed by atoms with Crippen molar-refractivity contribution < 1.29 is 43.2 Å². The molecule has 6 atom stereocenters. The number of methoxy groups -OCH3 is 4. The molecule has 2 aliphatic carbocycles. The molecule has 4 amide bonds. The molecule has 2 aliphatic heterocycles. The number of carbonyl (C=O) groups excluding carboxylic acids is 4. The van der Waals surface area contributed by atoms with E-state index in [4.69, 9.17) is 18.9 Å². The average molecular weight is 893 g/mol. The zero-order chi connectivity index (χ0) is 46.5. The highest BCUT2D eigenvalue weighted by atomic mass is 16.5. The number of rotatable bonds is 11. The first kappa shape index (κ1) is 43.0. The van der Waals surface area contributed by atoms with Crippen LogP contribution in [0, 0.1) is 29.6 Å². The van der Waals surface area contributed by atoms with Gasteiger partial charge in [0.05, 0.1) is 63.5 Å². The highest BCUT2D eigenvalue weighted by Gasteiger charge is 2.62. The van der Waals surface area contributed by atoms with E-state index in [0.29, 0.717) is 46.2 Å². The van der Waals surface area contributed by atoms with Crippen LogP contribution in [0.4, 0.5) is 11.4 Å². The summed E-state index contributed by atoms with van der Waals surface area (Å²) in [6.07, 6.45) is 10.3. The number of fused-ring (bicyclic) bond motifs is 5. The number of phenolic OH excluding ortho intramolecular Hbond substituents is 1. The number of benzene rings is 6. The Labute approximate surface area is 388 Å². The molecule has 1 saturated carbocycles. The number of anilines is 2. The van der Waals surface area contributed by atoms with Gasteiger partial charge < -0.3 is 24.1 Å². The summed E-state index contributed by atoms with van der Waals surface area (Å²) in [4.78, 5) is 61.6. The van der Waals surface area contributed by atoms with Crippen molar-refractivity contribution in [3.05, 3.63) is 161 Å². The molecule has 0 aromatic heterocycles. The van der Waals surface area contributed by atoms with Gasteiger partial charge in [-0.1, -0.05) is 90.6 Å². The van der Waals surface area contributed by atoms with E-state index in [-0.39, 0.29) is 35.8 Å². The number of hydrogen-bond acceptors (Lipinski definition) is 9. The average Bonchev–Trinajstić information content (AvgIpc) is 3.77. The van der Waals surface area contributed by atoms with E-state index >= 15 is 0 Å². The fourth-order valence-corrected chi connectivity index (χ4v) is 10.8. The fourth-order valence-electron chi connectivity index (χ4n) is 10.8. The van der Waals surface area contributed by atoms with Crippen LogP contribution in [0.15, 0.2) is 133 Å². The number of allylic oxidation sites excluding steroid dienone is 2. The smallest absolute Gasteiger partial charge is 0.238 e. The molecule has 1 N–H and O–H groups in total. The number of nitrogens with zero attached hydrogens (tertiary/aromatic N) is 2. The Hall–Kier alpha value is -7.92. The van der Waals surface area contributed by atoms with Crippen LogP contribution in [0.2, 0.25) is 0 Å². The molecule has 336 valence electrons. The largest absolute Gasteiger partial charge is 0.507 e. The van der Waals surface area contributed by atoms with Crippen LogP contribution in [0.3, 0.4) is 0 Å². The number of amides is 4. The molecule has 11 heteroatoms. The Morgan fingerprint density at radius 2 is 1.04 bits per heavy atom. The number of phenols is 1. The highest BCUT2D eigenvalue weighted by Crippen LogP contribution is 2.59. The van der Waals surface area contributed by atoms with Gasteiger partial charge in [-0.15, -0.1) is 0 Å². The van der Waals surface area contributed by atoms with Gasteiger partial charge in [0, 0.05) is 22.4 Å². The summed E-state index contributed by atoms with van der Waals surface area (Å²) in [5.41, 5.74) is 5.93. The van der Waals surface area contributed by atoms with Gasteiger partial charge in [0.1, 0.15) is 28.7 Å². The predicted molar refractivity (Wildman–Crippen MR) is 258 cm³/mol. The molecule has 2 heterocycles. The molecule has 0 radical (unpaired) electrons. The first-order valence-electron chi connectivity index (χ1n) is 22.3. The normalized spacial score (nSPS) is 22.3. The standard InChI is InChI=1S/C56H48N2O9/c1-64-38-21-27-48(66-3)34(29-38)15-9-32-11-17-36(18-12-32)57-53(60)44-24-23-43-45(51(44)55(57)62)31-46-52(50(43)42-25-26-47(59)41-8-6-5-7-40(41)42)56(63)58(54(46)61)37-19-13-33(14-20-37)10-16-35-30-39(65-2)22-28-49(35)67-4/h5-23,25-30,44-46,50-52,59H,24,31H2,1-4H3/t44-,45+,46+,50-,51-,52+/m0/s1. The quantitative estimate of drug-likeness (QED) is 0.0767. The van der Waals surface area contributed by atoms with Crippen molar-refractivity contribution in [1.29, 1.82) is 0 Å². The Balaban J connectivity index is 0.969. The number of aromatic hydroxyl groups is 1. The molecule has 11 nitrogen and oxygen atoms in total. The van der Waals surface area contributed by atoms with Gasteiger partial charge in [-0.25, -0.2) is 0 Å².